The number of amides is 1. The zero-order valence-electron chi connectivity index (χ0n) is 20.2. The van der Waals surface area contributed by atoms with Crippen LogP contribution < -0.4 is 10.2 Å². The molecule has 1 atom stereocenters. The molecule has 4 nitrogen and oxygen atoms in total. The molecule has 7 heteroatoms. The smallest absolute Gasteiger partial charge is 0.251 e. The molecule has 1 amide bonds. The molecule has 186 valence electrons. The Morgan fingerprint density at radius 3 is 2.58 bits per heavy atom. The highest BCUT2D eigenvalue weighted by molar-refractivity contribution is 6.36. The number of nitrogens with one attached hydrogen (secondary N) is 1. The third-order valence-electron chi connectivity index (χ3n) is 6.65. The maximum atomic E-state index is 14.1. The van der Waals surface area contributed by atoms with Gasteiger partial charge in [-0.05, 0) is 85.7 Å². The molecule has 1 heterocycles. The van der Waals surface area contributed by atoms with Crippen molar-refractivity contribution in [1.29, 1.82) is 0 Å². The van der Waals surface area contributed by atoms with Crippen molar-refractivity contribution >= 4 is 40.8 Å². The summed E-state index contributed by atoms with van der Waals surface area (Å²) in [7, 11) is 0. The largest absolute Gasteiger partial charge is 0.406 e. The molecule has 1 unspecified atom stereocenters. The lowest BCUT2D eigenvalue weighted by atomic mass is 10.00. The Hall–Kier alpha value is -3.02. The summed E-state index contributed by atoms with van der Waals surface area (Å²) in [5.41, 5.74) is 6.41. The van der Waals surface area contributed by atoms with Gasteiger partial charge in [0.15, 0.2) is 6.10 Å². The number of nitrogens with zero attached hydrogens (tertiary/aromatic N) is 1. The van der Waals surface area contributed by atoms with Gasteiger partial charge in [0.1, 0.15) is 5.82 Å². The van der Waals surface area contributed by atoms with Crippen LogP contribution in [0.1, 0.15) is 72.0 Å². The molecule has 36 heavy (non-hydrogen) atoms. The topological polar surface area (TPSA) is 43.3 Å². The first-order valence-electron chi connectivity index (χ1n) is 12.2. The van der Waals surface area contributed by atoms with Crippen molar-refractivity contribution in [3.05, 3.63) is 104 Å². The Morgan fingerprint density at radius 2 is 1.89 bits per heavy atom. The number of halogens is 3. The molecule has 0 spiro atoms. The zero-order chi connectivity index (χ0) is 25.4. The van der Waals surface area contributed by atoms with Crippen molar-refractivity contribution < 1.29 is 14.0 Å². The molecule has 3 aromatic rings. The molecule has 2 aliphatic rings. The Balaban J connectivity index is 1.46. The normalized spacial score (nSPS) is 15.9. The van der Waals surface area contributed by atoms with E-state index in [4.69, 9.17) is 28.0 Å². The van der Waals surface area contributed by atoms with Crippen molar-refractivity contribution in [2.45, 2.75) is 51.7 Å². The third-order valence-corrected chi connectivity index (χ3v) is 7.37. The number of fused-ring (bicyclic) bond motifs is 1. The number of aromatic nitrogens is 1. The molecule has 0 saturated heterocycles. The van der Waals surface area contributed by atoms with Gasteiger partial charge in [0.25, 0.3) is 5.91 Å². The molecule has 5 rings (SSSR count). The van der Waals surface area contributed by atoms with E-state index in [0.29, 0.717) is 22.2 Å². The van der Waals surface area contributed by atoms with E-state index in [-0.39, 0.29) is 10.9 Å². The highest BCUT2D eigenvalue weighted by atomic mass is 35.5. The first kappa shape index (κ1) is 24.7. The maximum Gasteiger partial charge on any atom is 0.251 e. The Bertz CT molecular complexity index is 1370. The van der Waals surface area contributed by atoms with Crippen LogP contribution in [0.2, 0.25) is 10.0 Å². The molecule has 1 N–H and O–H groups in total. The first-order chi connectivity index (χ1) is 17.3. The number of hydrogen-bond donors (Lipinski definition) is 1. The lowest BCUT2D eigenvalue weighted by molar-refractivity contribution is 0.0470. The average Bonchev–Trinajstić information content (AvgIpc) is 3.65. The first-order valence-corrected chi connectivity index (χ1v) is 12.9. The predicted octanol–water partition coefficient (Wildman–Crippen LogP) is 7.45. The van der Waals surface area contributed by atoms with Gasteiger partial charge in [0, 0.05) is 28.4 Å². The molecule has 2 aromatic carbocycles. The van der Waals surface area contributed by atoms with Crippen LogP contribution in [0, 0.1) is 5.82 Å². The number of rotatable bonds is 7. The number of carbonyl (C=O) groups excluding carboxylic acids is 1. The molecule has 1 fully saturated rings. The lowest BCUT2D eigenvalue weighted by Gasteiger charge is -2.19. The van der Waals surface area contributed by atoms with Gasteiger partial charge in [-0.25, -0.2) is 4.39 Å². The van der Waals surface area contributed by atoms with Gasteiger partial charge in [-0.15, -0.1) is 0 Å². The van der Waals surface area contributed by atoms with Crippen LogP contribution in [0.15, 0.2) is 60.3 Å². The quantitative estimate of drug-likeness (QED) is 0.326. The third kappa shape index (κ3) is 5.09. The number of hydrogen-bond acceptors (Lipinski definition) is 2. The van der Waals surface area contributed by atoms with E-state index in [2.05, 4.69) is 24.4 Å². The average molecular weight is 525 g/mol. The van der Waals surface area contributed by atoms with Crippen LogP contribution >= 0.6 is 23.2 Å². The van der Waals surface area contributed by atoms with Crippen molar-refractivity contribution in [1.82, 2.24) is 10.0 Å². The van der Waals surface area contributed by atoms with E-state index < -0.39 is 11.9 Å². The van der Waals surface area contributed by atoms with E-state index in [1.54, 1.807) is 11.7 Å². The summed E-state index contributed by atoms with van der Waals surface area (Å²) in [6, 6.07) is 12.8. The van der Waals surface area contributed by atoms with Gasteiger partial charge >= 0.3 is 0 Å². The number of allylic oxidation sites excluding steroid dienone is 3. The van der Waals surface area contributed by atoms with Crippen LogP contribution in [0.3, 0.4) is 0 Å². The Kier molecular flexibility index (Phi) is 6.96. The SMILES string of the molecule is CCC1=CC(c2ccc(C(=O)NC3CC3)cc2)=Cc2c(ccn2OC(C)c2c(Cl)ccc(F)c2Cl)C1. The van der Waals surface area contributed by atoms with Gasteiger partial charge in [0.05, 0.1) is 10.7 Å². The van der Waals surface area contributed by atoms with E-state index in [1.165, 1.54) is 17.7 Å². The fraction of sp³-hybridized carbons (Fsp3) is 0.276. The summed E-state index contributed by atoms with van der Waals surface area (Å²) in [6.45, 7) is 3.94. The van der Waals surface area contributed by atoms with E-state index in [9.17, 15) is 9.18 Å². The molecule has 1 aromatic heterocycles. The molecule has 1 saturated carbocycles. The van der Waals surface area contributed by atoms with E-state index in [0.717, 1.165) is 48.1 Å². The van der Waals surface area contributed by atoms with Gasteiger partial charge in [-0.1, -0.05) is 53.9 Å². The van der Waals surface area contributed by atoms with Crippen LogP contribution in [0.25, 0.3) is 11.6 Å². The lowest BCUT2D eigenvalue weighted by Crippen LogP contribution is -2.25. The minimum absolute atomic E-state index is 0.0306. The van der Waals surface area contributed by atoms with E-state index in [1.807, 2.05) is 36.5 Å². The molecule has 0 bridgehead atoms. The molecular weight excluding hydrogens is 498 g/mol. The van der Waals surface area contributed by atoms with Crippen molar-refractivity contribution in [3.8, 4) is 0 Å². The standard InChI is InChI=1S/C29H27Cl2FN2O2/c1-3-18-14-21-12-13-34(36-17(2)27-24(30)10-11-25(32)28(27)31)26(21)16-22(15-18)19-4-6-20(7-5-19)29(35)33-23-8-9-23/h4-7,10-13,15-17,23H,3,8-9,14H2,1-2H3,(H,33,35). The summed E-state index contributed by atoms with van der Waals surface area (Å²) < 4.78 is 15.8. The van der Waals surface area contributed by atoms with Crippen molar-refractivity contribution in [2.75, 3.05) is 0 Å². The van der Waals surface area contributed by atoms with Gasteiger partial charge < -0.3 is 10.2 Å². The van der Waals surface area contributed by atoms with Crippen LogP contribution in [-0.4, -0.2) is 16.7 Å². The second-order valence-electron chi connectivity index (χ2n) is 9.31. The summed E-state index contributed by atoms with van der Waals surface area (Å²) in [6.07, 6.45) is 9.38. The monoisotopic (exact) mass is 524 g/mol. The number of benzene rings is 2. The summed E-state index contributed by atoms with van der Waals surface area (Å²) in [5, 5.41) is 3.34. The second kappa shape index (κ2) is 10.2. The fourth-order valence-corrected chi connectivity index (χ4v) is 5.09. The van der Waals surface area contributed by atoms with Crippen LogP contribution in [0.4, 0.5) is 4.39 Å². The zero-order valence-corrected chi connectivity index (χ0v) is 21.7. The highest BCUT2D eigenvalue weighted by Crippen LogP contribution is 2.35. The summed E-state index contributed by atoms with van der Waals surface area (Å²) in [4.78, 5) is 18.6. The minimum Gasteiger partial charge on any atom is -0.406 e. The van der Waals surface area contributed by atoms with Crippen LogP contribution in [-0.2, 0) is 6.42 Å². The summed E-state index contributed by atoms with van der Waals surface area (Å²) >= 11 is 12.5. The molecule has 2 aliphatic carbocycles. The Morgan fingerprint density at radius 1 is 1.14 bits per heavy atom. The van der Waals surface area contributed by atoms with Crippen molar-refractivity contribution in [2.24, 2.45) is 0 Å². The molecular formula is C29H27Cl2FN2O2. The summed E-state index contributed by atoms with van der Waals surface area (Å²) in [5.74, 6) is -0.567. The van der Waals surface area contributed by atoms with Crippen LogP contribution in [0.5, 0.6) is 0 Å². The van der Waals surface area contributed by atoms with Gasteiger partial charge in [-0.3, -0.25) is 4.79 Å². The van der Waals surface area contributed by atoms with E-state index >= 15 is 0 Å². The van der Waals surface area contributed by atoms with Gasteiger partial charge in [0.2, 0.25) is 0 Å². The number of carbonyl (C=O) groups is 1. The molecule has 0 radical (unpaired) electrons. The Labute approximate surface area is 220 Å². The van der Waals surface area contributed by atoms with Crippen molar-refractivity contribution in [3.63, 3.8) is 0 Å². The minimum atomic E-state index is -0.583. The van der Waals surface area contributed by atoms with Gasteiger partial charge in [-0.2, -0.15) is 4.73 Å². The highest BCUT2D eigenvalue weighted by Gasteiger charge is 2.24. The fourth-order valence-electron chi connectivity index (χ4n) is 4.41. The maximum absolute atomic E-state index is 14.1. The predicted molar refractivity (Wildman–Crippen MR) is 143 cm³/mol. The second-order valence-corrected chi connectivity index (χ2v) is 10.1. The molecule has 0 aliphatic heterocycles.